The van der Waals surface area contributed by atoms with Gasteiger partial charge >= 0.3 is 0 Å². The Labute approximate surface area is 236 Å². The van der Waals surface area contributed by atoms with Crippen molar-refractivity contribution in [2.45, 2.75) is 32.2 Å². The zero-order valence-electron chi connectivity index (χ0n) is 23.1. The van der Waals surface area contributed by atoms with Gasteiger partial charge in [-0.25, -0.2) is 0 Å². The normalized spacial score (nSPS) is 18.5. The first-order valence-electron chi connectivity index (χ1n) is 13.6. The minimum atomic E-state index is -0.667. The third kappa shape index (κ3) is 7.46. The Morgan fingerprint density at radius 2 is 1.67 bits per heavy atom. The molecule has 0 radical (unpaired) electrons. The number of hydrogen-bond acceptors (Lipinski definition) is 7. The molecular formula is C29H39N5O4S. The van der Waals surface area contributed by atoms with Crippen LogP contribution in [0.5, 0.6) is 11.5 Å². The van der Waals surface area contributed by atoms with E-state index in [1.54, 1.807) is 24.1 Å². The third-order valence-corrected chi connectivity index (χ3v) is 7.53. The highest BCUT2D eigenvalue weighted by Crippen LogP contribution is 2.29. The average molecular weight is 554 g/mol. The van der Waals surface area contributed by atoms with E-state index in [4.69, 9.17) is 21.7 Å². The third-order valence-electron chi connectivity index (χ3n) is 7.11. The van der Waals surface area contributed by atoms with Crippen molar-refractivity contribution < 1.29 is 19.1 Å². The van der Waals surface area contributed by atoms with Gasteiger partial charge in [0.05, 0.1) is 25.8 Å². The number of carbonyl (C=O) groups excluding carboxylic acids is 2. The Morgan fingerprint density at radius 1 is 1.00 bits per heavy atom. The lowest BCUT2D eigenvalue weighted by Gasteiger charge is -2.33. The number of rotatable bonds is 12. The predicted molar refractivity (Wildman–Crippen MR) is 158 cm³/mol. The summed E-state index contributed by atoms with van der Waals surface area (Å²) in [5.41, 5.74) is 1.32. The number of likely N-dealkylation sites (N-methyl/N-ethyl adjacent to an activating group) is 1. The second kappa shape index (κ2) is 13.7. The van der Waals surface area contributed by atoms with Crippen LogP contribution in [0, 0.1) is 0 Å². The number of benzene rings is 2. The molecule has 0 spiro atoms. The van der Waals surface area contributed by atoms with Crippen LogP contribution in [-0.4, -0.2) is 97.7 Å². The maximum atomic E-state index is 13.7. The fraction of sp³-hybridized carbons (Fsp3) is 0.483. The monoisotopic (exact) mass is 553 g/mol. The summed E-state index contributed by atoms with van der Waals surface area (Å²) in [6.45, 7) is 8.40. The number of piperazine rings is 1. The minimum Gasteiger partial charge on any atom is -0.497 e. The number of thiocarbonyl (C=S) groups is 1. The molecule has 0 bridgehead atoms. The Hall–Kier alpha value is -3.21. The molecule has 2 saturated heterocycles. The predicted octanol–water partition coefficient (Wildman–Crippen LogP) is 3.45. The van der Waals surface area contributed by atoms with Gasteiger partial charge in [0, 0.05) is 38.4 Å². The van der Waals surface area contributed by atoms with Crippen LogP contribution in [0.1, 0.15) is 26.2 Å². The molecule has 39 heavy (non-hydrogen) atoms. The summed E-state index contributed by atoms with van der Waals surface area (Å²) >= 11 is 5.81. The second-order valence-electron chi connectivity index (χ2n) is 9.99. The van der Waals surface area contributed by atoms with Gasteiger partial charge in [-0.2, -0.15) is 0 Å². The van der Waals surface area contributed by atoms with Crippen molar-refractivity contribution in [1.29, 1.82) is 0 Å². The number of nitrogens with zero attached hydrogens (tertiary/aromatic N) is 4. The van der Waals surface area contributed by atoms with Crippen molar-refractivity contribution in [1.82, 2.24) is 14.7 Å². The van der Waals surface area contributed by atoms with Gasteiger partial charge in [-0.1, -0.05) is 6.92 Å². The Morgan fingerprint density at radius 3 is 2.31 bits per heavy atom. The molecule has 0 saturated carbocycles. The summed E-state index contributed by atoms with van der Waals surface area (Å²) in [6.07, 6.45) is 1.79. The Kier molecular flexibility index (Phi) is 10.1. The van der Waals surface area contributed by atoms with Crippen LogP contribution >= 0.6 is 12.2 Å². The first kappa shape index (κ1) is 28.8. The van der Waals surface area contributed by atoms with E-state index < -0.39 is 6.04 Å². The number of ether oxygens (including phenoxy) is 2. The maximum Gasteiger partial charge on any atom is 0.256 e. The molecule has 2 aliphatic heterocycles. The molecular weight excluding hydrogens is 514 g/mol. The molecule has 10 heteroatoms. The fourth-order valence-corrected chi connectivity index (χ4v) is 5.25. The van der Waals surface area contributed by atoms with E-state index in [0.717, 1.165) is 51.3 Å². The first-order valence-corrected chi connectivity index (χ1v) is 14.0. The van der Waals surface area contributed by atoms with Crippen molar-refractivity contribution in [3.8, 4) is 11.5 Å². The summed E-state index contributed by atoms with van der Waals surface area (Å²) < 4.78 is 10.9. The molecule has 1 N–H and O–H groups in total. The summed E-state index contributed by atoms with van der Waals surface area (Å²) in [7, 11) is 3.74. The standard InChI is InChI=1S/C29H39N5O4S/c1-4-20-38-25-10-6-22(7-11-25)30-27(35)21-26-28(36)34(23-8-12-24(37-3)13-9-23)29(39)33(26)15-5-14-32-18-16-31(2)17-19-32/h6-13,26H,4-5,14-21H2,1-3H3,(H,30,35)/t26-/m0/s1. The van der Waals surface area contributed by atoms with Gasteiger partial charge in [0.25, 0.3) is 5.91 Å². The molecule has 2 aromatic carbocycles. The van der Waals surface area contributed by atoms with Gasteiger partial charge in [-0.3, -0.25) is 14.5 Å². The van der Waals surface area contributed by atoms with E-state index in [2.05, 4.69) is 29.1 Å². The van der Waals surface area contributed by atoms with E-state index in [-0.39, 0.29) is 18.2 Å². The number of hydrogen-bond donors (Lipinski definition) is 1. The lowest BCUT2D eigenvalue weighted by Crippen LogP contribution is -2.45. The summed E-state index contributed by atoms with van der Waals surface area (Å²) in [6, 6.07) is 13.8. The number of carbonyl (C=O) groups is 2. The number of anilines is 2. The largest absolute Gasteiger partial charge is 0.497 e. The van der Waals surface area contributed by atoms with Gasteiger partial charge in [-0.05, 0) is 87.2 Å². The van der Waals surface area contributed by atoms with Gasteiger partial charge in [-0.15, -0.1) is 0 Å². The van der Waals surface area contributed by atoms with E-state index in [1.165, 1.54) is 0 Å². The van der Waals surface area contributed by atoms with Crippen molar-refractivity contribution in [3.05, 3.63) is 48.5 Å². The van der Waals surface area contributed by atoms with Crippen LogP contribution < -0.4 is 19.7 Å². The molecule has 2 aliphatic rings. The molecule has 2 aromatic rings. The van der Waals surface area contributed by atoms with Crippen molar-refractivity contribution in [2.75, 3.05) is 70.2 Å². The molecule has 2 fully saturated rings. The van der Waals surface area contributed by atoms with Gasteiger partial charge in [0.15, 0.2) is 5.11 Å². The average Bonchev–Trinajstić information content (AvgIpc) is 3.17. The highest BCUT2D eigenvalue weighted by molar-refractivity contribution is 7.80. The number of methoxy groups -OCH3 is 1. The summed E-state index contributed by atoms with van der Waals surface area (Å²) in [5, 5.41) is 3.35. The molecule has 0 aromatic heterocycles. The van der Waals surface area contributed by atoms with Crippen LogP contribution in [0.15, 0.2) is 48.5 Å². The number of amides is 2. The number of nitrogens with one attached hydrogen (secondary N) is 1. The second-order valence-corrected chi connectivity index (χ2v) is 10.4. The fourth-order valence-electron chi connectivity index (χ4n) is 4.83. The topological polar surface area (TPSA) is 77.6 Å². The molecule has 2 amide bonds. The van der Waals surface area contributed by atoms with Crippen LogP contribution in [0.4, 0.5) is 11.4 Å². The lowest BCUT2D eigenvalue weighted by molar-refractivity contribution is -0.124. The smallest absolute Gasteiger partial charge is 0.256 e. The van der Waals surface area contributed by atoms with Gasteiger partial charge in [0.1, 0.15) is 17.5 Å². The molecule has 0 aliphatic carbocycles. The van der Waals surface area contributed by atoms with Crippen molar-refractivity contribution >= 4 is 40.5 Å². The molecule has 2 heterocycles. The van der Waals surface area contributed by atoms with E-state index in [1.807, 2.05) is 41.3 Å². The molecule has 4 rings (SSSR count). The first-order chi connectivity index (χ1) is 18.9. The maximum absolute atomic E-state index is 13.7. The highest BCUT2D eigenvalue weighted by atomic mass is 32.1. The van der Waals surface area contributed by atoms with E-state index in [9.17, 15) is 9.59 Å². The van der Waals surface area contributed by atoms with Crippen LogP contribution in [0.25, 0.3) is 0 Å². The quantitative estimate of drug-likeness (QED) is 0.401. The highest BCUT2D eigenvalue weighted by Gasteiger charge is 2.43. The van der Waals surface area contributed by atoms with Crippen LogP contribution in [-0.2, 0) is 9.59 Å². The van der Waals surface area contributed by atoms with E-state index in [0.29, 0.717) is 35.4 Å². The van der Waals surface area contributed by atoms with Crippen LogP contribution in [0.3, 0.4) is 0 Å². The Bertz CT molecular complexity index is 1120. The van der Waals surface area contributed by atoms with Crippen molar-refractivity contribution in [3.63, 3.8) is 0 Å². The molecule has 9 nitrogen and oxygen atoms in total. The SMILES string of the molecule is CCCOc1ccc(NC(=O)C[C@H]2C(=O)N(c3ccc(OC)cc3)C(=S)N2CCCN2CCN(C)CC2)cc1. The molecule has 210 valence electrons. The molecule has 1 atom stereocenters. The lowest BCUT2D eigenvalue weighted by atomic mass is 10.1. The Balaban J connectivity index is 1.44. The van der Waals surface area contributed by atoms with Gasteiger partial charge in [0.2, 0.25) is 5.91 Å². The van der Waals surface area contributed by atoms with Gasteiger partial charge < -0.3 is 29.5 Å². The zero-order valence-corrected chi connectivity index (χ0v) is 23.9. The van der Waals surface area contributed by atoms with Crippen LogP contribution in [0.2, 0.25) is 0 Å². The van der Waals surface area contributed by atoms with Crippen molar-refractivity contribution in [2.24, 2.45) is 0 Å². The van der Waals surface area contributed by atoms with E-state index >= 15 is 0 Å². The summed E-state index contributed by atoms with van der Waals surface area (Å²) in [5.74, 6) is 1.03. The molecule has 0 unspecified atom stereocenters. The summed E-state index contributed by atoms with van der Waals surface area (Å²) in [4.78, 5) is 35.0. The minimum absolute atomic E-state index is 0.00816. The zero-order chi connectivity index (χ0) is 27.8.